The minimum absolute atomic E-state index is 0.0723. The van der Waals surface area contributed by atoms with Crippen LogP contribution in [0.5, 0.6) is 5.75 Å². The van der Waals surface area contributed by atoms with E-state index in [1.807, 2.05) is 87.5 Å². The predicted molar refractivity (Wildman–Crippen MR) is 185 cm³/mol. The second kappa shape index (κ2) is 11.7. The van der Waals surface area contributed by atoms with E-state index in [4.69, 9.17) is 0 Å². The van der Waals surface area contributed by atoms with Crippen molar-refractivity contribution in [1.82, 2.24) is 9.91 Å². The maximum absolute atomic E-state index is 15.3. The number of nitrogens with zero attached hydrogens (tertiary/aromatic N) is 2. The maximum atomic E-state index is 15.3. The van der Waals surface area contributed by atoms with E-state index in [1.165, 1.54) is 5.01 Å². The van der Waals surface area contributed by atoms with E-state index in [2.05, 4.69) is 11.5 Å². The zero-order chi connectivity index (χ0) is 34.2. The SMILES string of the molecule is Cc1ccc(NN2C(=O)C3CC4C(=CCC5C(=O)N(C6CCCCC6)C(=O)C54)C(c4cc(C)c(O)c(C)c4)C3(c3ccccc3)C2=O)cc1. The fourth-order valence-corrected chi connectivity index (χ4v) is 10.0. The lowest BCUT2D eigenvalue weighted by molar-refractivity contribution is -0.144. The quantitative estimate of drug-likeness (QED) is 0.236. The molecule has 8 rings (SSSR count). The second-order valence-corrected chi connectivity index (χ2v) is 14.9. The van der Waals surface area contributed by atoms with Crippen molar-refractivity contribution in [2.24, 2.45) is 23.7 Å². The van der Waals surface area contributed by atoms with Crippen molar-refractivity contribution in [3.63, 3.8) is 0 Å². The molecule has 3 aromatic rings. The number of rotatable bonds is 5. The van der Waals surface area contributed by atoms with Gasteiger partial charge in [-0.3, -0.25) is 29.5 Å². The molecule has 2 heterocycles. The number of benzene rings is 3. The molecule has 252 valence electrons. The Balaban J connectivity index is 1.32. The van der Waals surface area contributed by atoms with Crippen LogP contribution in [0.15, 0.2) is 78.4 Å². The smallest absolute Gasteiger partial charge is 0.260 e. The molecule has 6 atom stereocenters. The van der Waals surface area contributed by atoms with Crippen molar-refractivity contribution in [2.45, 2.75) is 83.1 Å². The molecule has 0 spiro atoms. The van der Waals surface area contributed by atoms with Crippen LogP contribution < -0.4 is 5.43 Å². The Morgan fingerprint density at radius 2 is 1.47 bits per heavy atom. The summed E-state index contributed by atoms with van der Waals surface area (Å²) in [7, 11) is 0. The normalized spacial score (nSPS) is 29.9. The molecule has 2 saturated heterocycles. The maximum Gasteiger partial charge on any atom is 0.260 e. The minimum Gasteiger partial charge on any atom is -0.507 e. The number of phenolic OH excluding ortho intramolecular Hbond substituents is 1. The molecule has 2 aliphatic heterocycles. The number of hydrazine groups is 1. The Bertz CT molecular complexity index is 1870. The summed E-state index contributed by atoms with van der Waals surface area (Å²) >= 11 is 0. The zero-order valence-corrected chi connectivity index (χ0v) is 28.3. The van der Waals surface area contributed by atoms with Crippen molar-refractivity contribution >= 4 is 29.3 Å². The average molecular weight is 658 g/mol. The summed E-state index contributed by atoms with van der Waals surface area (Å²) in [6.45, 7) is 5.67. The standard InChI is InChI=1S/C41H43N3O5/c1-23-14-16-28(17-15-23)42-44-38(47)33-22-32-30(18-19-31-34(32)39(48)43(37(31)46)29-12-8-5-9-13-29)35(26-20-24(2)36(45)25(3)21-26)41(33,40(44)49)27-10-6-4-7-11-27/h4,6-7,10-11,14-18,20-21,29,31-35,42,45H,5,8-9,12-13,19,22H2,1-3H3. The number of aryl methyl sites for hydroxylation is 3. The molecule has 3 aromatic carbocycles. The molecular formula is C41H43N3O5. The van der Waals surface area contributed by atoms with Gasteiger partial charge in [0.15, 0.2) is 0 Å². The van der Waals surface area contributed by atoms with Crippen molar-refractivity contribution in [3.8, 4) is 5.75 Å². The van der Waals surface area contributed by atoms with Gasteiger partial charge in [-0.25, -0.2) is 0 Å². The summed E-state index contributed by atoms with van der Waals surface area (Å²) in [5, 5.41) is 12.0. The highest BCUT2D eigenvalue weighted by Crippen LogP contribution is 2.64. The van der Waals surface area contributed by atoms with Gasteiger partial charge in [0.05, 0.1) is 28.9 Å². The summed E-state index contributed by atoms with van der Waals surface area (Å²) in [5.74, 6) is -3.53. The summed E-state index contributed by atoms with van der Waals surface area (Å²) < 4.78 is 0. The Morgan fingerprint density at radius 3 is 2.14 bits per heavy atom. The lowest BCUT2D eigenvalue weighted by atomic mass is 9.49. The number of fused-ring (bicyclic) bond motifs is 4. The largest absolute Gasteiger partial charge is 0.507 e. The number of phenols is 1. The molecule has 5 aliphatic rings. The number of carbonyl (C=O) groups excluding carboxylic acids is 4. The molecule has 4 fully saturated rings. The van der Waals surface area contributed by atoms with Crippen molar-refractivity contribution in [1.29, 1.82) is 0 Å². The van der Waals surface area contributed by atoms with E-state index < -0.39 is 29.1 Å². The van der Waals surface area contributed by atoms with Gasteiger partial charge in [-0.2, -0.15) is 5.01 Å². The topological polar surface area (TPSA) is 107 Å². The third-order valence-corrected chi connectivity index (χ3v) is 12.2. The summed E-state index contributed by atoms with van der Waals surface area (Å²) in [4.78, 5) is 60.2. The van der Waals surface area contributed by atoms with Gasteiger partial charge in [-0.05, 0) is 86.8 Å². The number of allylic oxidation sites excluding steroid dienone is 2. The van der Waals surface area contributed by atoms with Gasteiger partial charge in [-0.15, -0.1) is 0 Å². The van der Waals surface area contributed by atoms with E-state index in [1.54, 1.807) is 4.90 Å². The first-order chi connectivity index (χ1) is 23.6. The van der Waals surface area contributed by atoms with Crippen molar-refractivity contribution in [2.75, 3.05) is 5.43 Å². The molecule has 2 N–H and O–H groups in total. The third-order valence-electron chi connectivity index (χ3n) is 12.2. The van der Waals surface area contributed by atoms with Crippen LogP contribution in [0.4, 0.5) is 5.69 Å². The fourth-order valence-electron chi connectivity index (χ4n) is 10.0. The lowest BCUT2D eigenvalue weighted by Crippen LogP contribution is -2.53. The van der Waals surface area contributed by atoms with Crippen LogP contribution in [0.25, 0.3) is 0 Å². The molecule has 8 heteroatoms. The highest BCUT2D eigenvalue weighted by atomic mass is 16.3. The number of aromatic hydroxyl groups is 1. The predicted octanol–water partition coefficient (Wildman–Crippen LogP) is 6.64. The molecule has 4 amide bonds. The molecule has 0 bridgehead atoms. The molecule has 0 aromatic heterocycles. The fraction of sp³-hybridized carbons (Fsp3) is 0.415. The zero-order valence-electron chi connectivity index (χ0n) is 28.3. The average Bonchev–Trinajstić information content (AvgIpc) is 3.49. The first-order valence-corrected chi connectivity index (χ1v) is 17.8. The Kier molecular flexibility index (Phi) is 7.54. The van der Waals surface area contributed by atoms with Crippen LogP contribution in [0.1, 0.15) is 78.7 Å². The molecule has 2 saturated carbocycles. The molecule has 8 nitrogen and oxygen atoms in total. The minimum atomic E-state index is -1.32. The van der Waals surface area contributed by atoms with E-state index >= 15 is 4.79 Å². The van der Waals surface area contributed by atoms with Gasteiger partial charge < -0.3 is 5.11 Å². The number of anilines is 1. The van der Waals surface area contributed by atoms with Gasteiger partial charge in [0, 0.05) is 12.0 Å². The highest BCUT2D eigenvalue weighted by molar-refractivity contribution is 6.13. The number of hydrogen-bond donors (Lipinski definition) is 2. The first-order valence-electron chi connectivity index (χ1n) is 17.8. The molecule has 6 unspecified atom stereocenters. The third kappa shape index (κ3) is 4.62. The van der Waals surface area contributed by atoms with E-state index in [0.29, 0.717) is 23.2 Å². The summed E-state index contributed by atoms with van der Waals surface area (Å²) in [6.07, 6.45) is 7.61. The number of hydrogen-bond acceptors (Lipinski definition) is 6. The number of carbonyl (C=O) groups is 4. The van der Waals surface area contributed by atoms with Gasteiger partial charge in [0.1, 0.15) is 5.75 Å². The number of amides is 4. The Hall–Kier alpha value is -4.72. The molecule has 0 radical (unpaired) electrons. The summed E-state index contributed by atoms with van der Waals surface area (Å²) in [6, 6.07) is 20.9. The Labute approximate surface area is 287 Å². The van der Waals surface area contributed by atoms with E-state index in [9.17, 15) is 19.5 Å². The molecule has 3 aliphatic carbocycles. The van der Waals surface area contributed by atoms with Crippen molar-refractivity contribution in [3.05, 3.63) is 106 Å². The van der Waals surface area contributed by atoms with Gasteiger partial charge in [0.2, 0.25) is 11.8 Å². The van der Waals surface area contributed by atoms with Crippen LogP contribution in [0.2, 0.25) is 0 Å². The van der Waals surface area contributed by atoms with E-state index in [-0.39, 0.29) is 47.8 Å². The summed E-state index contributed by atoms with van der Waals surface area (Å²) in [5.41, 5.74) is 7.36. The van der Waals surface area contributed by atoms with Gasteiger partial charge in [0.25, 0.3) is 11.8 Å². The lowest BCUT2D eigenvalue weighted by Gasteiger charge is -2.50. The number of nitrogens with one attached hydrogen (secondary N) is 1. The molecule has 49 heavy (non-hydrogen) atoms. The highest BCUT2D eigenvalue weighted by Gasteiger charge is 2.70. The van der Waals surface area contributed by atoms with Crippen LogP contribution in [-0.2, 0) is 24.6 Å². The van der Waals surface area contributed by atoms with Crippen LogP contribution >= 0.6 is 0 Å². The van der Waals surface area contributed by atoms with Crippen LogP contribution in [-0.4, -0.2) is 44.7 Å². The van der Waals surface area contributed by atoms with Crippen LogP contribution in [0.3, 0.4) is 0 Å². The number of imide groups is 2. The first kappa shape index (κ1) is 31.5. The van der Waals surface area contributed by atoms with Crippen molar-refractivity contribution < 1.29 is 24.3 Å². The number of likely N-dealkylation sites (tertiary alicyclic amines) is 1. The van der Waals surface area contributed by atoms with Gasteiger partial charge in [-0.1, -0.05) is 91.1 Å². The monoisotopic (exact) mass is 657 g/mol. The van der Waals surface area contributed by atoms with E-state index in [0.717, 1.165) is 54.4 Å². The molecular weight excluding hydrogens is 614 g/mol. The van der Waals surface area contributed by atoms with Crippen LogP contribution in [0, 0.1) is 44.4 Å². The second-order valence-electron chi connectivity index (χ2n) is 14.9. The Morgan fingerprint density at radius 1 is 0.796 bits per heavy atom. The van der Waals surface area contributed by atoms with Gasteiger partial charge >= 0.3 is 0 Å².